The Hall–Kier alpha value is -2.19. The van der Waals surface area contributed by atoms with Crippen LogP contribution in [0.15, 0.2) is 24.5 Å². The van der Waals surface area contributed by atoms with Gasteiger partial charge < -0.3 is 15.5 Å². The van der Waals surface area contributed by atoms with Gasteiger partial charge in [0.2, 0.25) is 0 Å². The maximum absolute atomic E-state index is 5.40. The van der Waals surface area contributed by atoms with Crippen LogP contribution < -0.4 is 16.6 Å². The van der Waals surface area contributed by atoms with E-state index < -0.39 is 0 Å². The van der Waals surface area contributed by atoms with Crippen molar-refractivity contribution in [3.05, 3.63) is 30.4 Å². The minimum Gasteiger partial charge on any atom is -0.377 e. The maximum atomic E-state index is 5.40. The van der Waals surface area contributed by atoms with E-state index in [1.165, 1.54) is 0 Å². The quantitative estimate of drug-likeness (QED) is 0.503. The number of hydrogen-bond donors (Lipinski definition) is 3. The summed E-state index contributed by atoms with van der Waals surface area (Å²) in [6.45, 7) is 3.12. The van der Waals surface area contributed by atoms with E-state index in [-0.39, 0.29) is 6.04 Å². The maximum Gasteiger partial charge on any atom is 0.158 e. The summed E-state index contributed by atoms with van der Waals surface area (Å²) in [7, 11) is 1.60. The van der Waals surface area contributed by atoms with Gasteiger partial charge in [-0.2, -0.15) is 5.10 Å². The fourth-order valence-corrected chi connectivity index (χ4v) is 1.83. The molecule has 0 aromatic carbocycles. The number of nitrogens with two attached hydrogens (primary N) is 1. The number of hydrogen-bond acceptors (Lipinski definition) is 7. The lowest BCUT2D eigenvalue weighted by atomic mass is 10.3. The lowest BCUT2D eigenvalue weighted by Crippen LogP contribution is -2.23. The van der Waals surface area contributed by atoms with Crippen LogP contribution in [0.2, 0.25) is 0 Å². The van der Waals surface area contributed by atoms with Gasteiger partial charge in [0.25, 0.3) is 0 Å². The second kappa shape index (κ2) is 6.83. The highest BCUT2D eigenvalue weighted by Crippen LogP contribution is 2.12. The standard InChI is InChI=1S/C12H19N7O/c1-9(7-19-5-3-4-14-19)15-10-6-11(18-13)17-12(16-10)8-20-2/h3-6,9H,7-8,13H2,1-2H3,(H2,15,16,17,18). The van der Waals surface area contributed by atoms with Crippen LogP contribution in [0, 0.1) is 0 Å². The van der Waals surface area contributed by atoms with Crippen molar-refractivity contribution in [2.24, 2.45) is 5.84 Å². The highest BCUT2D eigenvalue weighted by atomic mass is 16.5. The monoisotopic (exact) mass is 277 g/mol. The molecule has 108 valence electrons. The summed E-state index contributed by atoms with van der Waals surface area (Å²) in [4.78, 5) is 8.56. The van der Waals surface area contributed by atoms with Gasteiger partial charge in [0, 0.05) is 31.6 Å². The molecule has 20 heavy (non-hydrogen) atoms. The van der Waals surface area contributed by atoms with Crippen LogP contribution in [0.25, 0.3) is 0 Å². The van der Waals surface area contributed by atoms with Gasteiger partial charge >= 0.3 is 0 Å². The highest BCUT2D eigenvalue weighted by molar-refractivity contribution is 5.47. The van der Waals surface area contributed by atoms with Crippen molar-refractivity contribution in [3.63, 3.8) is 0 Å². The van der Waals surface area contributed by atoms with Crippen molar-refractivity contribution in [2.75, 3.05) is 17.9 Å². The number of anilines is 2. The van der Waals surface area contributed by atoms with Crippen molar-refractivity contribution in [1.29, 1.82) is 0 Å². The predicted molar refractivity (Wildman–Crippen MR) is 75.9 cm³/mol. The van der Waals surface area contributed by atoms with E-state index in [9.17, 15) is 0 Å². The lowest BCUT2D eigenvalue weighted by Gasteiger charge is -2.15. The summed E-state index contributed by atoms with van der Waals surface area (Å²) in [5.41, 5.74) is 2.52. The van der Waals surface area contributed by atoms with Gasteiger partial charge in [0.1, 0.15) is 18.2 Å². The molecule has 2 heterocycles. The van der Waals surface area contributed by atoms with E-state index in [1.54, 1.807) is 19.4 Å². The first kappa shape index (κ1) is 14.2. The van der Waals surface area contributed by atoms with Gasteiger partial charge in [-0.3, -0.25) is 4.68 Å². The molecule has 0 radical (unpaired) electrons. The van der Waals surface area contributed by atoms with Crippen molar-refractivity contribution >= 4 is 11.6 Å². The van der Waals surface area contributed by atoms with E-state index in [0.717, 1.165) is 6.54 Å². The van der Waals surface area contributed by atoms with E-state index in [1.807, 2.05) is 16.9 Å². The Kier molecular flexibility index (Phi) is 4.85. The second-order valence-electron chi connectivity index (χ2n) is 4.41. The van der Waals surface area contributed by atoms with Crippen LogP contribution in [0.1, 0.15) is 12.7 Å². The van der Waals surface area contributed by atoms with E-state index in [0.29, 0.717) is 24.1 Å². The number of ether oxygens (including phenoxy) is 1. The fourth-order valence-electron chi connectivity index (χ4n) is 1.83. The van der Waals surface area contributed by atoms with Gasteiger partial charge in [0.05, 0.1) is 6.54 Å². The zero-order valence-electron chi connectivity index (χ0n) is 11.6. The SMILES string of the molecule is COCc1nc(NN)cc(NC(C)Cn2cccn2)n1. The number of nitrogen functional groups attached to an aromatic ring is 1. The molecule has 0 spiro atoms. The number of rotatable bonds is 7. The van der Waals surface area contributed by atoms with Crippen molar-refractivity contribution in [3.8, 4) is 0 Å². The second-order valence-corrected chi connectivity index (χ2v) is 4.41. The number of methoxy groups -OCH3 is 1. The van der Waals surface area contributed by atoms with Crippen molar-refractivity contribution in [2.45, 2.75) is 26.1 Å². The topological polar surface area (TPSA) is 103 Å². The molecule has 8 heteroatoms. The first-order valence-electron chi connectivity index (χ1n) is 6.28. The molecular weight excluding hydrogens is 258 g/mol. The third-order valence-electron chi connectivity index (χ3n) is 2.61. The molecule has 2 aromatic heterocycles. The lowest BCUT2D eigenvalue weighted by molar-refractivity contribution is 0.178. The molecule has 0 aliphatic rings. The number of nitrogens with zero attached hydrogens (tertiary/aromatic N) is 4. The van der Waals surface area contributed by atoms with Gasteiger partial charge in [-0.05, 0) is 13.0 Å². The van der Waals surface area contributed by atoms with Crippen LogP contribution in [0.3, 0.4) is 0 Å². The predicted octanol–water partition coefficient (Wildman–Crippen LogP) is 0.606. The molecule has 4 N–H and O–H groups in total. The number of nitrogens with one attached hydrogen (secondary N) is 2. The van der Waals surface area contributed by atoms with Crippen LogP contribution in [0.4, 0.5) is 11.6 Å². The summed E-state index contributed by atoms with van der Waals surface area (Å²) in [5.74, 6) is 7.20. The highest BCUT2D eigenvalue weighted by Gasteiger charge is 2.08. The molecule has 1 atom stereocenters. The Balaban J connectivity index is 2.05. The van der Waals surface area contributed by atoms with Crippen LogP contribution >= 0.6 is 0 Å². The minimum atomic E-state index is 0.158. The molecule has 1 unspecified atom stereocenters. The molecular formula is C12H19N7O. The third-order valence-corrected chi connectivity index (χ3v) is 2.61. The van der Waals surface area contributed by atoms with Crippen LogP contribution in [0.5, 0.6) is 0 Å². The Morgan fingerprint density at radius 2 is 2.20 bits per heavy atom. The average Bonchev–Trinajstić information content (AvgIpc) is 2.91. The molecule has 0 saturated carbocycles. The van der Waals surface area contributed by atoms with Gasteiger partial charge in [-0.15, -0.1) is 0 Å². The minimum absolute atomic E-state index is 0.158. The smallest absolute Gasteiger partial charge is 0.158 e. The Bertz CT molecular complexity index is 529. The van der Waals surface area contributed by atoms with Gasteiger partial charge in [0.15, 0.2) is 5.82 Å². The summed E-state index contributed by atoms with van der Waals surface area (Å²) < 4.78 is 6.90. The molecule has 2 aromatic rings. The normalized spacial score (nSPS) is 12.2. The van der Waals surface area contributed by atoms with E-state index in [2.05, 4.69) is 32.7 Å². The van der Waals surface area contributed by atoms with Crippen molar-refractivity contribution < 1.29 is 4.74 Å². The molecule has 0 aliphatic carbocycles. The zero-order chi connectivity index (χ0) is 14.4. The zero-order valence-corrected chi connectivity index (χ0v) is 11.6. The fraction of sp³-hybridized carbons (Fsp3) is 0.417. The molecule has 0 saturated heterocycles. The third kappa shape index (κ3) is 3.90. The van der Waals surface area contributed by atoms with E-state index >= 15 is 0 Å². The first-order valence-corrected chi connectivity index (χ1v) is 6.28. The van der Waals surface area contributed by atoms with Crippen LogP contribution in [-0.2, 0) is 17.9 Å². The summed E-state index contributed by atoms with van der Waals surface area (Å²) in [6.07, 6.45) is 3.67. The molecule has 8 nitrogen and oxygen atoms in total. The van der Waals surface area contributed by atoms with Gasteiger partial charge in [-0.1, -0.05) is 0 Å². The molecule has 0 aliphatic heterocycles. The van der Waals surface area contributed by atoms with E-state index in [4.69, 9.17) is 10.6 Å². The van der Waals surface area contributed by atoms with Crippen LogP contribution in [-0.4, -0.2) is 32.9 Å². The largest absolute Gasteiger partial charge is 0.377 e. The summed E-state index contributed by atoms with van der Waals surface area (Å²) in [6, 6.07) is 3.80. The Morgan fingerprint density at radius 3 is 2.85 bits per heavy atom. The molecule has 0 fully saturated rings. The molecule has 0 amide bonds. The summed E-state index contributed by atoms with van der Waals surface area (Å²) >= 11 is 0. The summed E-state index contributed by atoms with van der Waals surface area (Å²) in [5, 5.41) is 7.46. The van der Waals surface area contributed by atoms with Gasteiger partial charge in [-0.25, -0.2) is 15.8 Å². The molecule has 2 rings (SSSR count). The Morgan fingerprint density at radius 1 is 1.40 bits per heavy atom. The average molecular weight is 277 g/mol. The first-order chi connectivity index (χ1) is 9.71. The number of aromatic nitrogens is 4. The number of hydrazine groups is 1. The van der Waals surface area contributed by atoms with Crippen molar-refractivity contribution in [1.82, 2.24) is 19.7 Å². The Labute approximate surface area is 117 Å². The molecule has 0 bridgehead atoms.